The minimum absolute atomic E-state index is 0.102. The van der Waals surface area contributed by atoms with Crippen LogP contribution in [0.15, 0.2) is 30.3 Å². The van der Waals surface area contributed by atoms with Gasteiger partial charge in [-0.1, -0.05) is 32.0 Å². The molecule has 1 aromatic carbocycles. The SMILES string of the molecule is CC1(C)C[C@]2(CO)CN(C(=O)c3ccc4cccc(F)c4n3)C[C@H]12. The smallest absolute Gasteiger partial charge is 0.272 e. The fourth-order valence-electron chi connectivity index (χ4n) is 4.89. The number of rotatable bonds is 2. The molecule has 1 N–H and O–H groups in total. The Bertz CT molecular complexity index is 835. The zero-order valence-electron chi connectivity index (χ0n) is 13.9. The van der Waals surface area contributed by atoms with Gasteiger partial charge in [-0.3, -0.25) is 4.79 Å². The van der Waals surface area contributed by atoms with Crippen LogP contribution >= 0.6 is 0 Å². The second-order valence-corrected chi connectivity index (χ2v) is 7.93. The van der Waals surface area contributed by atoms with Crippen LogP contribution in [0, 0.1) is 22.6 Å². The third-order valence-corrected chi connectivity index (χ3v) is 5.89. The van der Waals surface area contributed by atoms with Gasteiger partial charge in [0.2, 0.25) is 0 Å². The largest absolute Gasteiger partial charge is 0.396 e. The van der Waals surface area contributed by atoms with E-state index in [-0.39, 0.29) is 34.6 Å². The maximum Gasteiger partial charge on any atom is 0.272 e. The van der Waals surface area contributed by atoms with Gasteiger partial charge in [-0.2, -0.15) is 0 Å². The number of para-hydroxylation sites is 1. The summed E-state index contributed by atoms with van der Waals surface area (Å²) in [5.74, 6) is -0.300. The van der Waals surface area contributed by atoms with Crippen LogP contribution in [0.2, 0.25) is 0 Å². The average molecular weight is 328 g/mol. The van der Waals surface area contributed by atoms with E-state index in [2.05, 4.69) is 18.8 Å². The number of nitrogens with zero attached hydrogens (tertiary/aromatic N) is 2. The van der Waals surface area contributed by atoms with Crippen molar-refractivity contribution in [2.45, 2.75) is 20.3 Å². The van der Waals surface area contributed by atoms with Crippen LogP contribution in [-0.2, 0) is 0 Å². The molecule has 0 unspecified atom stereocenters. The number of carbonyl (C=O) groups excluding carboxylic acids is 1. The minimum Gasteiger partial charge on any atom is -0.396 e. The van der Waals surface area contributed by atoms with E-state index in [1.54, 1.807) is 29.2 Å². The number of hydrogen-bond donors (Lipinski definition) is 1. The summed E-state index contributed by atoms with van der Waals surface area (Å²) in [7, 11) is 0. The van der Waals surface area contributed by atoms with Crippen LogP contribution in [0.3, 0.4) is 0 Å². The van der Waals surface area contributed by atoms with Crippen molar-refractivity contribution >= 4 is 16.8 Å². The van der Waals surface area contributed by atoms with Crippen molar-refractivity contribution in [3.05, 3.63) is 41.8 Å². The summed E-state index contributed by atoms with van der Waals surface area (Å²) in [6.07, 6.45) is 0.921. The highest BCUT2D eigenvalue weighted by molar-refractivity contribution is 5.95. The number of amides is 1. The molecule has 2 aromatic rings. The Morgan fingerprint density at radius 2 is 2.17 bits per heavy atom. The summed E-state index contributed by atoms with van der Waals surface area (Å²) >= 11 is 0. The van der Waals surface area contributed by atoms with Gasteiger partial charge in [-0.05, 0) is 29.9 Å². The van der Waals surface area contributed by atoms with Crippen molar-refractivity contribution in [2.24, 2.45) is 16.7 Å². The molecule has 4 nitrogen and oxygen atoms in total. The summed E-state index contributed by atoms with van der Waals surface area (Å²) in [6.45, 7) is 5.65. The van der Waals surface area contributed by atoms with Gasteiger partial charge in [0.05, 0.1) is 6.61 Å². The monoisotopic (exact) mass is 328 g/mol. The zero-order chi connectivity index (χ0) is 17.1. The summed E-state index contributed by atoms with van der Waals surface area (Å²) < 4.78 is 13.9. The lowest BCUT2D eigenvalue weighted by atomic mass is 9.48. The molecule has 2 atom stereocenters. The number of pyridine rings is 1. The normalized spacial score (nSPS) is 27.8. The molecule has 0 bridgehead atoms. The predicted octanol–water partition coefficient (Wildman–Crippen LogP) is 2.85. The number of aromatic nitrogens is 1. The van der Waals surface area contributed by atoms with Crippen LogP contribution in [0.1, 0.15) is 30.8 Å². The van der Waals surface area contributed by atoms with E-state index in [1.165, 1.54) is 6.07 Å². The number of benzene rings is 1. The highest BCUT2D eigenvalue weighted by Gasteiger charge is 2.63. The van der Waals surface area contributed by atoms with Crippen LogP contribution in [-0.4, -0.2) is 40.6 Å². The number of hydrogen-bond acceptors (Lipinski definition) is 3. The maximum atomic E-state index is 13.9. The van der Waals surface area contributed by atoms with Crippen LogP contribution in [0.25, 0.3) is 10.9 Å². The lowest BCUT2D eigenvalue weighted by Gasteiger charge is -2.55. The number of carbonyl (C=O) groups is 1. The molecule has 126 valence electrons. The Morgan fingerprint density at radius 3 is 2.83 bits per heavy atom. The summed E-state index contributed by atoms with van der Waals surface area (Å²) in [5.41, 5.74) is 0.449. The molecule has 1 saturated carbocycles. The molecule has 1 aromatic heterocycles. The van der Waals surface area contributed by atoms with E-state index in [0.29, 0.717) is 24.4 Å². The van der Waals surface area contributed by atoms with Crippen LogP contribution < -0.4 is 0 Å². The standard InChI is InChI=1S/C19H21FN2O2/c1-18(2)9-19(11-23)10-22(8-15(18)19)17(24)14-7-6-12-4-3-5-13(20)16(12)21-14/h3-7,15,23H,8-11H2,1-2H3/t15-,19-/m1/s1. The molecule has 5 heteroatoms. The molecule has 1 aliphatic heterocycles. The number of aliphatic hydroxyl groups excluding tert-OH is 1. The maximum absolute atomic E-state index is 13.9. The first-order valence-electron chi connectivity index (χ1n) is 8.32. The van der Waals surface area contributed by atoms with E-state index >= 15 is 0 Å². The number of likely N-dealkylation sites (tertiary alicyclic amines) is 1. The first-order chi connectivity index (χ1) is 11.4. The van der Waals surface area contributed by atoms with E-state index < -0.39 is 5.82 Å². The first kappa shape index (κ1) is 15.5. The third-order valence-electron chi connectivity index (χ3n) is 5.89. The van der Waals surface area contributed by atoms with Gasteiger partial charge in [0.1, 0.15) is 17.0 Å². The summed E-state index contributed by atoms with van der Waals surface area (Å²) in [4.78, 5) is 18.9. The highest BCUT2D eigenvalue weighted by Crippen LogP contribution is 2.62. The molecule has 4 rings (SSSR count). The van der Waals surface area contributed by atoms with Crippen molar-refractivity contribution < 1.29 is 14.3 Å². The third kappa shape index (κ3) is 2.07. The lowest BCUT2D eigenvalue weighted by molar-refractivity contribution is -0.0977. The molecule has 0 radical (unpaired) electrons. The Hall–Kier alpha value is -2.01. The molecule has 1 saturated heterocycles. The topological polar surface area (TPSA) is 53.4 Å². The molecular weight excluding hydrogens is 307 g/mol. The molecular formula is C19H21FN2O2. The molecule has 1 aliphatic carbocycles. The Kier molecular flexibility index (Phi) is 3.23. The van der Waals surface area contributed by atoms with Crippen LogP contribution in [0.4, 0.5) is 4.39 Å². The van der Waals surface area contributed by atoms with Crippen molar-refractivity contribution in [3.63, 3.8) is 0 Å². The van der Waals surface area contributed by atoms with Gasteiger partial charge in [-0.25, -0.2) is 9.37 Å². The van der Waals surface area contributed by atoms with Crippen molar-refractivity contribution in [2.75, 3.05) is 19.7 Å². The summed E-state index contributed by atoms with van der Waals surface area (Å²) in [6, 6.07) is 8.14. The quantitative estimate of drug-likeness (QED) is 0.922. The molecule has 2 fully saturated rings. The van der Waals surface area contributed by atoms with Crippen molar-refractivity contribution in [3.8, 4) is 0 Å². The molecule has 2 heterocycles. The molecule has 0 spiro atoms. The Morgan fingerprint density at radius 1 is 1.38 bits per heavy atom. The molecule has 2 aliphatic rings. The lowest BCUT2D eigenvalue weighted by Crippen LogP contribution is -2.54. The van der Waals surface area contributed by atoms with E-state index in [1.807, 2.05) is 0 Å². The summed E-state index contributed by atoms with van der Waals surface area (Å²) in [5, 5.41) is 10.5. The molecule has 1 amide bonds. The number of aliphatic hydroxyl groups is 1. The van der Waals surface area contributed by atoms with Gasteiger partial charge < -0.3 is 10.0 Å². The Balaban J connectivity index is 1.64. The van der Waals surface area contributed by atoms with E-state index in [4.69, 9.17) is 0 Å². The fraction of sp³-hybridized carbons (Fsp3) is 0.474. The number of fused-ring (bicyclic) bond motifs is 2. The zero-order valence-corrected chi connectivity index (χ0v) is 13.9. The molecule has 24 heavy (non-hydrogen) atoms. The van der Waals surface area contributed by atoms with E-state index in [9.17, 15) is 14.3 Å². The second kappa shape index (κ2) is 4.99. The van der Waals surface area contributed by atoms with Crippen molar-refractivity contribution in [1.29, 1.82) is 0 Å². The van der Waals surface area contributed by atoms with Gasteiger partial charge in [0, 0.05) is 23.9 Å². The first-order valence-corrected chi connectivity index (χ1v) is 8.32. The van der Waals surface area contributed by atoms with E-state index in [0.717, 1.165) is 6.42 Å². The van der Waals surface area contributed by atoms with Crippen LogP contribution in [0.5, 0.6) is 0 Å². The van der Waals surface area contributed by atoms with Crippen molar-refractivity contribution in [1.82, 2.24) is 9.88 Å². The van der Waals surface area contributed by atoms with Gasteiger partial charge in [0.25, 0.3) is 5.91 Å². The number of halogens is 1. The minimum atomic E-state index is -0.420. The average Bonchev–Trinajstić information content (AvgIpc) is 2.90. The van der Waals surface area contributed by atoms with Gasteiger partial charge in [-0.15, -0.1) is 0 Å². The Labute approximate surface area is 140 Å². The van der Waals surface area contributed by atoms with Gasteiger partial charge in [0.15, 0.2) is 0 Å². The predicted molar refractivity (Wildman–Crippen MR) is 89.0 cm³/mol. The second-order valence-electron chi connectivity index (χ2n) is 7.93. The highest BCUT2D eigenvalue weighted by atomic mass is 19.1. The fourth-order valence-corrected chi connectivity index (χ4v) is 4.89. The van der Waals surface area contributed by atoms with Gasteiger partial charge >= 0.3 is 0 Å².